The van der Waals surface area contributed by atoms with Crippen LogP contribution in [0.1, 0.15) is 88.5 Å². The molecule has 0 atom stereocenters. The Labute approximate surface area is 226 Å². The minimum absolute atomic E-state index is 0.0218. The first-order chi connectivity index (χ1) is 18.4. The Morgan fingerprint density at radius 3 is 2.11 bits per heavy atom. The molecule has 4 bridgehead atoms. The monoisotopic (exact) mass is 533 g/mol. The van der Waals surface area contributed by atoms with Crippen LogP contribution in [0, 0.1) is 23.7 Å². The van der Waals surface area contributed by atoms with Crippen LogP contribution in [0.25, 0.3) is 0 Å². The molecular formula is C31H45F2NO4. The maximum Gasteiger partial charge on any atom is 0.250 e. The average molecular weight is 534 g/mol. The van der Waals surface area contributed by atoms with Gasteiger partial charge in [0.05, 0.1) is 12.7 Å². The van der Waals surface area contributed by atoms with Crippen molar-refractivity contribution in [2.45, 2.75) is 101 Å². The van der Waals surface area contributed by atoms with Crippen LogP contribution in [-0.2, 0) is 14.5 Å². The highest BCUT2D eigenvalue weighted by atomic mass is 19.3. The summed E-state index contributed by atoms with van der Waals surface area (Å²) in [6.07, 6.45) is 11.5. The summed E-state index contributed by atoms with van der Waals surface area (Å²) < 4.78 is 38.6. The Morgan fingerprint density at radius 2 is 1.50 bits per heavy atom. The Balaban J connectivity index is 0.909. The molecule has 1 aromatic rings. The van der Waals surface area contributed by atoms with Crippen LogP contribution in [0.3, 0.4) is 0 Å². The number of hydrogen-bond donors (Lipinski definition) is 0. The molecule has 6 fully saturated rings. The second kappa shape index (κ2) is 11.3. The molecule has 5 saturated carbocycles. The van der Waals surface area contributed by atoms with Gasteiger partial charge in [0.1, 0.15) is 5.75 Å². The van der Waals surface area contributed by atoms with Gasteiger partial charge in [0, 0.05) is 51.4 Å². The van der Waals surface area contributed by atoms with Gasteiger partial charge in [0.15, 0.2) is 0 Å². The number of rotatable bonds is 10. The molecule has 1 saturated heterocycles. The highest BCUT2D eigenvalue weighted by Crippen LogP contribution is 2.60. The molecule has 7 heteroatoms. The van der Waals surface area contributed by atoms with Gasteiger partial charge in [-0.3, -0.25) is 0 Å². The molecule has 0 unspecified atom stereocenters. The molecule has 0 N–H and O–H groups in total. The zero-order chi connectivity index (χ0) is 26.2. The molecule has 1 aliphatic heterocycles. The van der Waals surface area contributed by atoms with E-state index < -0.39 is 11.7 Å². The minimum Gasteiger partial charge on any atom is -0.494 e. The lowest BCUT2D eigenvalue weighted by atomic mass is 9.53. The summed E-state index contributed by atoms with van der Waals surface area (Å²) in [6, 6.07) is 8.52. The first-order valence-electron chi connectivity index (χ1n) is 15.1. The number of methoxy groups -OCH3 is 1. The molecule has 5 aliphatic carbocycles. The molecule has 0 aromatic heterocycles. The van der Waals surface area contributed by atoms with Crippen LogP contribution in [-0.4, -0.2) is 56.1 Å². The Morgan fingerprint density at radius 1 is 0.868 bits per heavy atom. The van der Waals surface area contributed by atoms with E-state index in [4.69, 9.17) is 19.2 Å². The molecule has 6 aliphatic rings. The van der Waals surface area contributed by atoms with Crippen molar-refractivity contribution in [3.63, 3.8) is 0 Å². The lowest BCUT2D eigenvalue weighted by molar-refractivity contribution is -0.485. The van der Waals surface area contributed by atoms with E-state index in [-0.39, 0.29) is 18.9 Å². The third kappa shape index (κ3) is 5.77. The van der Waals surface area contributed by atoms with Gasteiger partial charge in [-0.1, -0.05) is 12.1 Å². The number of halogens is 2. The lowest BCUT2D eigenvalue weighted by Crippen LogP contribution is -2.60. The fourth-order valence-electron chi connectivity index (χ4n) is 8.40. The molecular weight excluding hydrogens is 488 g/mol. The number of ether oxygens (including phenoxy) is 2. The maximum atomic E-state index is 13.3. The topological polar surface area (TPSA) is 40.2 Å². The van der Waals surface area contributed by atoms with Crippen molar-refractivity contribution in [1.29, 1.82) is 0 Å². The molecule has 212 valence electrons. The van der Waals surface area contributed by atoms with Crippen molar-refractivity contribution in [3.05, 3.63) is 29.8 Å². The Bertz CT molecular complexity index is 879. The van der Waals surface area contributed by atoms with E-state index >= 15 is 0 Å². The SMILES string of the molecule is COC1(OOC2CCC(c3ccc(OCCCN4CCC(F)(F)CC4)cc3)CC2)C2CC3CC(C2)CC1C3. The van der Waals surface area contributed by atoms with E-state index in [2.05, 4.69) is 29.2 Å². The second-order valence-corrected chi connectivity index (χ2v) is 12.9. The summed E-state index contributed by atoms with van der Waals surface area (Å²) in [6.45, 7) is 2.39. The van der Waals surface area contributed by atoms with Crippen molar-refractivity contribution in [2.24, 2.45) is 23.7 Å². The maximum absolute atomic E-state index is 13.3. The van der Waals surface area contributed by atoms with Gasteiger partial charge >= 0.3 is 0 Å². The van der Waals surface area contributed by atoms with Crippen LogP contribution < -0.4 is 4.74 Å². The zero-order valence-electron chi connectivity index (χ0n) is 22.9. The van der Waals surface area contributed by atoms with Gasteiger partial charge in [0.25, 0.3) is 5.92 Å². The third-order valence-corrected chi connectivity index (χ3v) is 10.4. The predicted molar refractivity (Wildman–Crippen MR) is 141 cm³/mol. The molecule has 0 amide bonds. The molecule has 1 aromatic carbocycles. The van der Waals surface area contributed by atoms with Crippen LogP contribution in [0.4, 0.5) is 8.78 Å². The van der Waals surface area contributed by atoms with E-state index in [0.29, 0.717) is 37.5 Å². The normalized spacial score (nSPS) is 38.4. The summed E-state index contributed by atoms with van der Waals surface area (Å²) in [4.78, 5) is 14.5. The number of hydrogen-bond acceptors (Lipinski definition) is 5. The van der Waals surface area contributed by atoms with Gasteiger partial charge in [-0.25, -0.2) is 18.6 Å². The first kappa shape index (κ1) is 26.9. The molecule has 7 rings (SSSR count). The van der Waals surface area contributed by atoms with Gasteiger partial charge in [-0.05, 0) is 99.7 Å². The highest BCUT2D eigenvalue weighted by Gasteiger charge is 2.60. The van der Waals surface area contributed by atoms with Gasteiger partial charge in [-0.2, -0.15) is 0 Å². The quantitative estimate of drug-likeness (QED) is 0.141. The third-order valence-electron chi connectivity index (χ3n) is 10.4. The Kier molecular flexibility index (Phi) is 8.01. The molecule has 0 spiro atoms. The molecule has 0 radical (unpaired) electrons. The van der Waals surface area contributed by atoms with E-state index in [9.17, 15) is 8.78 Å². The van der Waals surface area contributed by atoms with Gasteiger partial charge in [0.2, 0.25) is 5.79 Å². The fourth-order valence-corrected chi connectivity index (χ4v) is 8.40. The van der Waals surface area contributed by atoms with Crippen molar-refractivity contribution < 1.29 is 28.0 Å². The smallest absolute Gasteiger partial charge is 0.250 e. The van der Waals surface area contributed by atoms with Crippen LogP contribution in [0.15, 0.2) is 24.3 Å². The number of alkyl halides is 2. The number of piperidine rings is 1. The highest BCUT2D eigenvalue weighted by molar-refractivity contribution is 5.29. The van der Waals surface area contributed by atoms with Crippen molar-refractivity contribution in [1.82, 2.24) is 4.90 Å². The lowest BCUT2D eigenvalue weighted by Gasteiger charge is -2.58. The van der Waals surface area contributed by atoms with Crippen LogP contribution >= 0.6 is 0 Å². The summed E-state index contributed by atoms with van der Waals surface area (Å²) in [5.41, 5.74) is 1.36. The molecule has 1 heterocycles. The summed E-state index contributed by atoms with van der Waals surface area (Å²) in [5, 5.41) is 0. The summed E-state index contributed by atoms with van der Waals surface area (Å²) in [7, 11) is 1.81. The summed E-state index contributed by atoms with van der Waals surface area (Å²) >= 11 is 0. The second-order valence-electron chi connectivity index (χ2n) is 12.9. The van der Waals surface area contributed by atoms with Crippen molar-refractivity contribution in [3.8, 4) is 5.75 Å². The predicted octanol–water partition coefficient (Wildman–Crippen LogP) is 6.96. The van der Waals surface area contributed by atoms with Crippen LogP contribution in [0.5, 0.6) is 5.75 Å². The van der Waals surface area contributed by atoms with E-state index in [1.54, 1.807) is 0 Å². The molecule has 5 nitrogen and oxygen atoms in total. The number of benzene rings is 1. The standard InChI is InChI=1S/C31H45F2NO4/c1-35-31(26-18-22-17-23(20-26)21-27(31)19-22)38-37-29-9-5-25(6-10-29)24-3-7-28(8-4-24)36-16-2-13-34-14-11-30(32,33)12-15-34/h3-4,7-8,22-23,25-27,29H,2,5-6,9-21H2,1H3. The van der Waals surface area contributed by atoms with E-state index in [0.717, 1.165) is 56.2 Å². The zero-order valence-corrected chi connectivity index (χ0v) is 22.9. The Hall–Kier alpha value is -1.28. The molecule has 38 heavy (non-hydrogen) atoms. The first-order valence-corrected chi connectivity index (χ1v) is 15.1. The minimum atomic E-state index is -2.48. The van der Waals surface area contributed by atoms with Gasteiger partial charge < -0.3 is 14.4 Å². The van der Waals surface area contributed by atoms with Crippen LogP contribution in [0.2, 0.25) is 0 Å². The van der Waals surface area contributed by atoms with E-state index in [1.165, 1.54) is 37.7 Å². The summed E-state index contributed by atoms with van der Waals surface area (Å²) in [5.74, 6) is 1.13. The van der Waals surface area contributed by atoms with E-state index in [1.807, 2.05) is 7.11 Å². The number of nitrogens with zero attached hydrogens (tertiary/aromatic N) is 1. The van der Waals surface area contributed by atoms with Crippen molar-refractivity contribution in [2.75, 3.05) is 33.4 Å². The average Bonchev–Trinajstić information content (AvgIpc) is 2.92. The largest absolute Gasteiger partial charge is 0.494 e. The fraction of sp³-hybridized carbons (Fsp3) is 0.806. The van der Waals surface area contributed by atoms with Crippen molar-refractivity contribution >= 4 is 0 Å². The van der Waals surface area contributed by atoms with Gasteiger partial charge in [-0.15, -0.1) is 0 Å². The number of likely N-dealkylation sites (tertiary alicyclic amines) is 1.